The zero-order valence-electron chi connectivity index (χ0n) is 13.4. The second kappa shape index (κ2) is 6.48. The van der Waals surface area contributed by atoms with Gasteiger partial charge in [0.1, 0.15) is 0 Å². The van der Waals surface area contributed by atoms with Gasteiger partial charge in [0.05, 0.1) is 0 Å². The number of nitrogens with two attached hydrogens (primary N) is 1. The van der Waals surface area contributed by atoms with Crippen molar-refractivity contribution in [3.8, 4) is 0 Å². The summed E-state index contributed by atoms with van der Waals surface area (Å²) in [5, 5.41) is 0. The molecule has 0 bridgehead atoms. The van der Waals surface area contributed by atoms with Gasteiger partial charge in [-0.15, -0.1) is 0 Å². The van der Waals surface area contributed by atoms with Gasteiger partial charge in [0, 0.05) is 43.8 Å². The average molecular weight is 289 g/mol. The molecule has 0 aliphatic carbocycles. The van der Waals surface area contributed by atoms with Crippen molar-refractivity contribution in [2.45, 2.75) is 39.2 Å². The first-order valence-corrected chi connectivity index (χ1v) is 7.73. The van der Waals surface area contributed by atoms with Crippen LogP contribution in [0.5, 0.6) is 0 Å². The zero-order valence-corrected chi connectivity index (χ0v) is 13.4. The van der Waals surface area contributed by atoms with Crippen molar-refractivity contribution in [2.75, 3.05) is 31.9 Å². The summed E-state index contributed by atoms with van der Waals surface area (Å²) in [5.74, 6) is 0.264. The van der Waals surface area contributed by atoms with Crippen LogP contribution in [0.1, 0.15) is 32.8 Å². The van der Waals surface area contributed by atoms with Gasteiger partial charge in [-0.2, -0.15) is 0 Å². The maximum Gasteiger partial charge on any atom is 0.222 e. The summed E-state index contributed by atoms with van der Waals surface area (Å²) >= 11 is 0. The second-order valence-corrected chi connectivity index (χ2v) is 6.78. The van der Waals surface area contributed by atoms with E-state index in [9.17, 15) is 4.79 Å². The Balaban J connectivity index is 1.78. The first-order chi connectivity index (χ1) is 9.86. The van der Waals surface area contributed by atoms with Crippen LogP contribution < -0.4 is 5.73 Å². The number of aryl methyl sites for hydroxylation is 1. The Morgan fingerprint density at radius 2 is 1.67 bits per heavy atom. The third kappa shape index (κ3) is 4.46. The number of piperazine rings is 1. The van der Waals surface area contributed by atoms with Crippen LogP contribution in [0.25, 0.3) is 0 Å². The summed E-state index contributed by atoms with van der Waals surface area (Å²) in [5.41, 5.74) is 7.80. The lowest BCUT2D eigenvalue weighted by Gasteiger charge is -2.42. The molecule has 2 rings (SSSR count). The largest absolute Gasteiger partial charge is 0.399 e. The average Bonchev–Trinajstić information content (AvgIpc) is 2.45. The molecule has 0 spiro atoms. The lowest BCUT2D eigenvalue weighted by Crippen LogP contribution is -2.54. The molecule has 0 saturated carbocycles. The van der Waals surface area contributed by atoms with Crippen LogP contribution in [-0.2, 0) is 11.2 Å². The quantitative estimate of drug-likeness (QED) is 0.867. The number of carbonyl (C=O) groups excluding carboxylic acids is 1. The summed E-state index contributed by atoms with van der Waals surface area (Å²) in [4.78, 5) is 16.7. The van der Waals surface area contributed by atoms with Crippen LogP contribution in [0.3, 0.4) is 0 Å². The van der Waals surface area contributed by atoms with Gasteiger partial charge in [0.25, 0.3) is 0 Å². The first-order valence-electron chi connectivity index (χ1n) is 7.73. The van der Waals surface area contributed by atoms with E-state index in [1.54, 1.807) is 0 Å². The standard InChI is InChI=1S/C17H27N3O/c1-17(2,3)20-12-10-19(11-13-20)16(21)9-6-14-4-7-15(18)8-5-14/h4-5,7-8H,6,9-13,18H2,1-3H3. The molecule has 0 aromatic heterocycles. The first kappa shape index (κ1) is 15.8. The van der Waals surface area contributed by atoms with Crippen molar-refractivity contribution in [2.24, 2.45) is 0 Å². The molecule has 1 amide bonds. The number of carbonyl (C=O) groups is 1. The molecule has 1 saturated heterocycles. The Hall–Kier alpha value is -1.55. The highest BCUT2D eigenvalue weighted by Crippen LogP contribution is 2.16. The van der Waals surface area contributed by atoms with E-state index in [2.05, 4.69) is 25.7 Å². The van der Waals surface area contributed by atoms with Crippen LogP contribution in [0.4, 0.5) is 5.69 Å². The predicted molar refractivity (Wildman–Crippen MR) is 87.1 cm³/mol. The van der Waals surface area contributed by atoms with E-state index in [1.165, 1.54) is 5.56 Å². The molecule has 116 valence electrons. The normalized spacial score (nSPS) is 17.0. The fraction of sp³-hybridized carbons (Fsp3) is 0.588. The molecule has 1 heterocycles. The third-order valence-electron chi connectivity index (χ3n) is 4.19. The summed E-state index contributed by atoms with van der Waals surface area (Å²) in [6.07, 6.45) is 1.37. The number of amides is 1. The fourth-order valence-electron chi connectivity index (χ4n) is 2.72. The van der Waals surface area contributed by atoms with Crippen molar-refractivity contribution >= 4 is 11.6 Å². The van der Waals surface area contributed by atoms with Crippen molar-refractivity contribution in [3.63, 3.8) is 0 Å². The molecular weight excluding hydrogens is 262 g/mol. The molecular formula is C17H27N3O. The zero-order chi connectivity index (χ0) is 15.5. The summed E-state index contributed by atoms with van der Waals surface area (Å²) in [7, 11) is 0. The van der Waals surface area contributed by atoms with Crippen LogP contribution in [0, 0.1) is 0 Å². The van der Waals surface area contributed by atoms with Crippen molar-refractivity contribution in [1.29, 1.82) is 0 Å². The predicted octanol–water partition coefficient (Wildman–Crippen LogP) is 2.14. The number of nitrogens with zero attached hydrogens (tertiary/aromatic N) is 2. The number of nitrogen functional groups attached to an aromatic ring is 1. The SMILES string of the molecule is CC(C)(C)N1CCN(C(=O)CCc2ccc(N)cc2)CC1. The summed E-state index contributed by atoms with van der Waals surface area (Å²) in [6, 6.07) is 7.78. The highest BCUT2D eigenvalue weighted by Gasteiger charge is 2.27. The number of benzene rings is 1. The van der Waals surface area contributed by atoms with E-state index in [0.29, 0.717) is 6.42 Å². The topological polar surface area (TPSA) is 49.6 Å². The fourth-order valence-corrected chi connectivity index (χ4v) is 2.72. The Morgan fingerprint density at radius 1 is 1.10 bits per heavy atom. The van der Waals surface area contributed by atoms with Crippen LogP contribution >= 0.6 is 0 Å². The van der Waals surface area contributed by atoms with E-state index in [4.69, 9.17) is 5.73 Å². The van der Waals surface area contributed by atoms with E-state index in [1.807, 2.05) is 29.2 Å². The highest BCUT2D eigenvalue weighted by atomic mass is 16.2. The maximum absolute atomic E-state index is 12.3. The Morgan fingerprint density at radius 3 is 2.19 bits per heavy atom. The minimum Gasteiger partial charge on any atom is -0.399 e. The van der Waals surface area contributed by atoms with Crippen LogP contribution in [0.2, 0.25) is 0 Å². The Bertz CT molecular complexity index is 468. The molecule has 0 radical (unpaired) electrons. The molecule has 21 heavy (non-hydrogen) atoms. The summed E-state index contributed by atoms with van der Waals surface area (Å²) in [6.45, 7) is 10.3. The number of rotatable bonds is 3. The van der Waals surface area contributed by atoms with Gasteiger partial charge in [-0.1, -0.05) is 12.1 Å². The minimum absolute atomic E-state index is 0.194. The third-order valence-corrected chi connectivity index (χ3v) is 4.19. The molecule has 1 aromatic rings. The molecule has 0 unspecified atom stereocenters. The molecule has 1 aliphatic rings. The lowest BCUT2D eigenvalue weighted by atomic mass is 10.0. The lowest BCUT2D eigenvalue weighted by molar-refractivity contribution is -0.133. The van der Waals surface area contributed by atoms with E-state index < -0.39 is 0 Å². The van der Waals surface area contributed by atoms with Gasteiger partial charge in [0.15, 0.2) is 0 Å². The Labute approximate surface area is 127 Å². The smallest absolute Gasteiger partial charge is 0.222 e. The Kier molecular flexibility index (Phi) is 4.88. The van der Waals surface area contributed by atoms with Crippen molar-refractivity contribution in [3.05, 3.63) is 29.8 Å². The van der Waals surface area contributed by atoms with Crippen LogP contribution in [0.15, 0.2) is 24.3 Å². The van der Waals surface area contributed by atoms with Gasteiger partial charge in [0.2, 0.25) is 5.91 Å². The van der Waals surface area contributed by atoms with Crippen LogP contribution in [-0.4, -0.2) is 47.4 Å². The second-order valence-electron chi connectivity index (χ2n) is 6.78. The number of hydrogen-bond donors (Lipinski definition) is 1. The molecule has 1 aliphatic heterocycles. The van der Waals surface area contributed by atoms with Crippen molar-refractivity contribution < 1.29 is 4.79 Å². The number of anilines is 1. The molecule has 1 aromatic carbocycles. The van der Waals surface area contributed by atoms with E-state index in [-0.39, 0.29) is 11.4 Å². The van der Waals surface area contributed by atoms with Gasteiger partial charge < -0.3 is 10.6 Å². The van der Waals surface area contributed by atoms with E-state index >= 15 is 0 Å². The van der Waals surface area contributed by atoms with Crippen molar-refractivity contribution in [1.82, 2.24) is 9.80 Å². The minimum atomic E-state index is 0.194. The monoisotopic (exact) mass is 289 g/mol. The van der Waals surface area contributed by atoms with Gasteiger partial charge in [-0.25, -0.2) is 0 Å². The maximum atomic E-state index is 12.3. The number of hydrogen-bond acceptors (Lipinski definition) is 3. The molecule has 0 atom stereocenters. The molecule has 4 heteroatoms. The summed E-state index contributed by atoms with van der Waals surface area (Å²) < 4.78 is 0. The van der Waals surface area contributed by atoms with Gasteiger partial charge >= 0.3 is 0 Å². The molecule has 2 N–H and O–H groups in total. The molecule has 4 nitrogen and oxygen atoms in total. The van der Waals surface area contributed by atoms with Gasteiger partial charge in [-0.05, 0) is 44.9 Å². The van der Waals surface area contributed by atoms with E-state index in [0.717, 1.165) is 38.3 Å². The molecule has 1 fully saturated rings. The van der Waals surface area contributed by atoms with Gasteiger partial charge in [-0.3, -0.25) is 9.69 Å². The highest BCUT2D eigenvalue weighted by molar-refractivity contribution is 5.76.